The summed E-state index contributed by atoms with van der Waals surface area (Å²) < 4.78 is 5.35. The third-order valence-electron chi connectivity index (χ3n) is 1.60. The van der Waals surface area contributed by atoms with Crippen LogP contribution in [0.25, 0.3) is 0 Å². The van der Waals surface area contributed by atoms with Gasteiger partial charge in [0.1, 0.15) is 0 Å². The standard InChI is InChI=1S/C8H14O/c1-7-3-4-8(2)6-9-5-7/h3,8H,4-6H2,1-2H3/t8-/m0/s1. The maximum atomic E-state index is 5.35. The van der Waals surface area contributed by atoms with Crippen molar-refractivity contribution in [1.29, 1.82) is 0 Å². The van der Waals surface area contributed by atoms with Crippen LogP contribution < -0.4 is 0 Å². The highest BCUT2D eigenvalue weighted by Crippen LogP contribution is 2.10. The maximum Gasteiger partial charge on any atom is 0.0674 e. The maximum absolute atomic E-state index is 5.35. The average Bonchev–Trinajstić information content (AvgIpc) is 1.97. The molecule has 1 aliphatic heterocycles. The van der Waals surface area contributed by atoms with Gasteiger partial charge in [0.15, 0.2) is 0 Å². The summed E-state index contributed by atoms with van der Waals surface area (Å²) >= 11 is 0. The molecule has 0 unspecified atom stereocenters. The van der Waals surface area contributed by atoms with E-state index in [1.807, 2.05) is 0 Å². The van der Waals surface area contributed by atoms with Gasteiger partial charge in [-0.15, -0.1) is 0 Å². The van der Waals surface area contributed by atoms with Gasteiger partial charge in [0.2, 0.25) is 0 Å². The molecular formula is C8H14O. The number of rotatable bonds is 0. The first-order chi connectivity index (χ1) is 4.29. The van der Waals surface area contributed by atoms with Crippen LogP contribution in [0.15, 0.2) is 11.6 Å². The van der Waals surface area contributed by atoms with Gasteiger partial charge in [-0.2, -0.15) is 0 Å². The average molecular weight is 126 g/mol. The summed E-state index contributed by atoms with van der Waals surface area (Å²) in [4.78, 5) is 0. The van der Waals surface area contributed by atoms with E-state index in [4.69, 9.17) is 4.74 Å². The van der Waals surface area contributed by atoms with Gasteiger partial charge in [-0.25, -0.2) is 0 Å². The molecule has 0 bridgehead atoms. The zero-order valence-electron chi connectivity index (χ0n) is 6.18. The van der Waals surface area contributed by atoms with Crippen LogP contribution in [0, 0.1) is 5.92 Å². The van der Waals surface area contributed by atoms with Crippen molar-refractivity contribution in [2.75, 3.05) is 13.2 Å². The van der Waals surface area contributed by atoms with Crippen molar-refractivity contribution < 1.29 is 4.74 Å². The van der Waals surface area contributed by atoms with Gasteiger partial charge in [-0.1, -0.05) is 18.6 Å². The van der Waals surface area contributed by atoms with E-state index in [1.165, 1.54) is 12.0 Å². The highest BCUT2D eigenvalue weighted by Gasteiger charge is 2.04. The Labute approximate surface area is 56.7 Å². The lowest BCUT2D eigenvalue weighted by atomic mass is 10.1. The molecule has 0 radical (unpaired) electrons. The second-order valence-corrected chi connectivity index (χ2v) is 2.91. The second-order valence-electron chi connectivity index (χ2n) is 2.91. The Morgan fingerprint density at radius 3 is 3.22 bits per heavy atom. The fourth-order valence-electron chi connectivity index (χ4n) is 0.950. The van der Waals surface area contributed by atoms with Gasteiger partial charge in [0.25, 0.3) is 0 Å². The SMILES string of the molecule is CC1=CC[C@H](C)COC1. The first-order valence-corrected chi connectivity index (χ1v) is 3.52. The van der Waals surface area contributed by atoms with Crippen LogP contribution in [-0.4, -0.2) is 13.2 Å². The molecule has 52 valence electrons. The summed E-state index contributed by atoms with van der Waals surface area (Å²) in [6.07, 6.45) is 3.46. The lowest BCUT2D eigenvalue weighted by molar-refractivity contribution is 0.131. The van der Waals surface area contributed by atoms with Crippen molar-refractivity contribution in [3.05, 3.63) is 11.6 Å². The molecule has 1 atom stereocenters. The van der Waals surface area contributed by atoms with Crippen molar-refractivity contribution in [3.8, 4) is 0 Å². The molecule has 0 aromatic heterocycles. The highest BCUT2D eigenvalue weighted by atomic mass is 16.5. The second kappa shape index (κ2) is 3.02. The van der Waals surface area contributed by atoms with Crippen molar-refractivity contribution in [3.63, 3.8) is 0 Å². The van der Waals surface area contributed by atoms with Gasteiger partial charge in [0, 0.05) is 6.61 Å². The van der Waals surface area contributed by atoms with Gasteiger partial charge in [-0.05, 0) is 19.3 Å². The third-order valence-corrected chi connectivity index (χ3v) is 1.60. The Morgan fingerprint density at radius 1 is 1.67 bits per heavy atom. The molecule has 1 heterocycles. The van der Waals surface area contributed by atoms with Gasteiger partial charge < -0.3 is 4.74 Å². The monoisotopic (exact) mass is 126 g/mol. The summed E-state index contributed by atoms with van der Waals surface area (Å²) in [5, 5.41) is 0. The predicted molar refractivity (Wildman–Crippen MR) is 38.4 cm³/mol. The molecule has 0 saturated carbocycles. The van der Waals surface area contributed by atoms with E-state index in [2.05, 4.69) is 19.9 Å². The Kier molecular flexibility index (Phi) is 2.29. The van der Waals surface area contributed by atoms with Crippen LogP contribution in [-0.2, 0) is 4.74 Å². The molecule has 0 aromatic carbocycles. The van der Waals surface area contributed by atoms with E-state index < -0.39 is 0 Å². The van der Waals surface area contributed by atoms with Gasteiger partial charge in [0.05, 0.1) is 6.61 Å². The molecule has 0 amide bonds. The molecule has 9 heavy (non-hydrogen) atoms. The Bertz CT molecular complexity index is 116. The Morgan fingerprint density at radius 2 is 2.44 bits per heavy atom. The Balaban J connectivity index is 2.42. The van der Waals surface area contributed by atoms with E-state index in [0.717, 1.165) is 13.2 Å². The largest absolute Gasteiger partial charge is 0.377 e. The Hall–Kier alpha value is -0.300. The number of hydrogen-bond donors (Lipinski definition) is 0. The van der Waals surface area contributed by atoms with Gasteiger partial charge >= 0.3 is 0 Å². The predicted octanol–water partition coefficient (Wildman–Crippen LogP) is 1.99. The smallest absolute Gasteiger partial charge is 0.0674 e. The van der Waals surface area contributed by atoms with Crippen LogP contribution in [0.5, 0.6) is 0 Å². The molecular weight excluding hydrogens is 112 g/mol. The molecule has 0 aliphatic carbocycles. The number of allylic oxidation sites excluding steroid dienone is 1. The van der Waals surface area contributed by atoms with Crippen molar-refractivity contribution in [2.45, 2.75) is 20.3 Å². The van der Waals surface area contributed by atoms with Crippen molar-refractivity contribution in [2.24, 2.45) is 5.92 Å². The minimum atomic E-state index is 0.711. The zero-order valence-corrected chi connectivity index (χ0v) is 6.18. The molecule has 0 spiro atoms. The van der Waals surface area contributed by atoms with Crippen LogP contribution in [0.1, 0.15) is 20.3 Å². The first-order valence-electron chi connectivity index (χ1n) is 3.52. The van der Waals surface area contributed by atoms with Crippen LogP contribution in [0.3, 0.4) is 0 Å². The van der Waals surface area contributed by atoms with E-state index in [0.29, 0.717) is 5.92 Å². The molecule has 1 rings (SSSR count). The lowest BCUT2D eigenvalue weighted by Gasteiger charge is -2.03. The summed E-state index contributed by atoms with van der Waals surface area (Å²) in [6, 6.07) is 0. The topological polar surface area (TPSA) is 9.23 Å². The molecule has 1 aliphatic rings. The van der Waals surface area contributed by atoms with Crippen LogP contribution in [0.4, 0.5) is 0 Å². The quantitative estimate of drug-likeness (QED) is 0.451. The molecule has 1 nitrogen and oxygen atoms in total. The summed E-state index contributed by atoms with van der Waals surface area (Å²) in [5.74, 6) is 0.711. The summed E-state index contributed by atoms with van der Waals surface area (Å²) in [5.41, 5.74) is 1.37. The van der Waals surface area contributed by atoms with Crippen molar-refractivity contribution >= 4 is 0 Å². The molecule has 0 fully saturated rings. The van der Waals surface area contributed by atoms with E-state index in [9.17, 15) is 0 Å². The van der Waals surface area contributed by atoms with Crippen molar-refractivity contribution in [1.82, 2.24) is 0 Å². The summed E-state index contributed by atoms with van der Waals surface area (Å²) in [6.45, 7) is 6.10. The lowest BCUT2D eigenvalue weighted by Crippen LogP contribution is -2.02. The number of hydrogen-bond acceptors (Lipinski definition) is 1. The van der Waals surface area contributed by atoms with E-state index in [-0.39, 0.29) is 0 Å². The van der Waals surface area contributed by atoms with Crippen LogP contribution >= 0.6 is 0 Å². The highest BCUT2D eigenvalue weighted by molar-refractivity contribution is 5.00. The first kappa shape index (κ1) is 6.81. The fourth-order valence-corrected chi connectivity index (χ4v) is 0.950. The summed E-state index contributed by atoms with van der Waals surface area (Å²) in [7, 11) is 0. The molecule has 0 N–H and O–H groups in total. The normalized spacial score (nSPS) is 29.1. The molecule has 0 aromatic rings. The minimum Gasteiger partial charge on any atom is -0.377 e. The third kappa shape index (κ3) is 2.19. The van der Waals surface area contributed by atoms with Crippen LogP contribution in [0.2, 0.25) is 0 Å². The minimum absolute atomic E-state index is 0.711. The number of ether oxygens (including phenoxy) is 1. The van der Waals surface area contributed by atoms with E-state index >= 15 is 0 Å². The van der Waals surface area contributed by atoms with E-state index in [1.54, 1.807) is 0 Å². The zero-order chi connectivity index (χ0) is 6.69. The van der Waals surface area contributed by atoms with Gasteiger partial charge in [-0.3, -0.25) is 0 Å². The molecule has 1 heteroatoms. The fraction of sp³-hybridized carbons (Fsp3) is 0.750. The molecule has 0 saturated heterocycles.